The Hall–Kier alpha value is -2.28. The molecule has 2 unspecified atom stereocenters. The maximum Gasteiger partial charge on any atom is 0.229 e. The van der Waals surface area contributed by atoms with E-state index in [-0.39, 0.29) is 17.9 Å². The Morgan fingerprint density at radius 3 is 2.75 bits per heavy atom. The van der Waals surface area contributed by atoms with Crippen molar-refractivity contribution in [1.82, 2.24) is 20.5 Å². The van der Waals surface area contributed by atoms with Gasteiger partial charge in [0.1, 0.15) is 0 Å². The van der Waals surface area contributed by atoms with Crippen molar-refractivity contribution in [3.63, 3.8) is 0 Å². The molecule has 2 aliphatic rings. The van der Waals surface area contributed by atoms with Crippen LogP contribution in [0.3, 0.4) is 0 Å². The smallest absolute Gasteiger partial charge is 0.229 e. The fraction of sp³-hybridized carbons (Fsp3) is 0.417. The zero-order valence-corrected chi connectivity index (χ0v) is 19.7. The molecule has 0 bridgehead atoms. The second-order valence-electron chi connectivity index (χ2n) is 8.33. The first-order chi connectivity index (χ1) is 15.5. The van der Waals surface area contributed by atoms with Crippen molar-refractivity contribution in [2.45, 2.75) is 19.4 Å². The number of hydrogen-bond acceptors (Lipinski definition) is 5. The quantitative estimate of drug-likeness (QED) is 0.600. The lowest BCUT2D eigenvalue weighted by molar-refractivity contribution is -0.123. The van der Waals surface area contributed by atoms with Gasteiger partial charge in [-0.2, -0.15) is 0 Å². The van der Waals surface area contributed by atoms with Crippen molar-refractivity contribution >= 4 is 40.5 Å². The van der Waals surface area contributed by atoms with Crippen LogP contribution in [0.15, 0.2) is 48.8 Å². The summed E-state index contributed by atoms with van der Waals surface area (Å²) in [7, 11) is 0. The Bertz CT molecular complexity index is 960. The van der Waals surface area contributed by atoms with Crippen LogP contribution in [0.25, 0.3) is 5.70 Å². The number of pyridine rings is 1. The van der Waals surface area contributed by atoms with Crippen molar-refractivity contribution in [2.24, 2.45) is 5.92 Å². The molecule has 4 rings (SSSR count). The molecule has 1 fully saturated rings. The summed E-state index contributed by atoms with van der Waals surface area (Å²) in [6, 6.07) is 9.74. The highest BCUT2D eigenvalue weighted by atomic mass is 35.5. The number of nitrogens with zero attached hydrogens (tertiary/aromatic N) is 3. The lowest BCUT2D eigenvalue weighted by Gasteiger charge is -2.36. The van der Waals surface area contributed by atoms with Crippen LogP contribution in [0.2, 0.25) is 10.0 Å². The molecule has 1 amide bonds. The zero-order valence-electron chi connectivity index (χ0n) is 18.2. The van der Waals surface area contributed by atoms with Gasteiger partial charge in [-0.05, 0) is 50.2 Å². The fourth-order valence-electron chi connectivity index (χ4n) is 4.29. The van der Waals surface area contributed by atoms with Gasteiger partial charge in [0.2, 0.25) is 5.91 Å². The molecule has 170 valence electrons. The Kier molecular flexibility index (Phi) is 7.55. The number of nitrogens with one attached hydrogen (secondary N) is 2. The molecular formula is C24H29Cl2N5O. The summed E-state index contributed by atoms with van der Waals surface area (Å²) in [5, 5.41) is 7.73. The van der Waals surface area contributed by atoms with Crippen molar-refractivity contribution < 1.29 is 4.79 Å². The number of amides is 1. The summed E-state index contributed by atoms with van der Waals surface area (Å²) in [4.78, 5) is 21.6. The number of carbonyl (C=O) groups is 1. The number of halogens is 2. The molecule has 1 saturated heterocycles. The largest absolute Gasteiger partial charge is 0.381 e. The lowest BCUT2D eigenvalue weighted by atomic mass is 10.0. The maximum atomic E-state index is 12.7. The van der Waals surface area contributed by atoms with Crippen LogP contribution in [-0.2, 0) is 4.79 Å². The van der Waals surface area contributed by atoms with E-state index >= 15 is 0 Å². The average molecular weight is 474 g/mol. The van der Waals surface area contributed by atoms with Crippen molar-refractivity contribution in [2.75, 3.05) is 44.2 Å². The third kappa shape index (κ3) is 5.37. The number of benzene rings is 1. The van der Waals surface area contributed by atoms with Crippen molar-refractivity contribution in [3.8, 4) is 0 Å². The highest BCUT2D eigenvalue weighted by molar-refractivity contribution is 6.43. The first-order valence-corrected chi connectivity index (χ1v) is 11.9. The number of rotatable bonds is 7. The molecule has 32 heavy (non-hydrogen) atoms. The van der Waals surface area contributed by atoms with Gasteiger partial charge in [-0.1, -0.05) is 29.3 Å². The number of aromatic nitrogens is 1. The van der Waals surface area contributed by atoms with Gasteiger partial charge in [-0.25, -0.2) is 0 Å². The van der Waals surface area contributed by atoms with E-state index in [1.54, 1.807) is 6.20 Å². The van der Waals surface area contributed by atoms with Crippen LogP contribution in [0.5, 0.6) is 0 Å². The minimum atomic E-state index is -0.170. The number of hydrogen-bond donors (Lipinski definition) is 2. The summed E-state index contributed by atoms with van der Waals surface area (Å²) < 4.78 is 0. The second kappa shape index (κ2) is 10.6. The van der Waals surface area contributed by atoms with Gasteiger partial charge in [0, 0.05) is 62.4 Å². The van der Waals surface area contributed by atoms with E-state index < -0.39 is 0 Å². The summed E-state index contributed by atoms with van der Waals surface area (Å²) in [5.41, 5.74) is 2.99. The van der Waals surface area contributed by atoms with Crippen LogP contribution in [-0.4, -0.2) is 61.1 Å². The molecule has 0 aliphatic carbocycles. The highest BCUT2D eigenvalue weighted by Crippen LogP contribution is 2.32. The molecule has 0 spiro atoms. The SMILES string of the molecule is CC1NC(c2cccnc2)=CC1C(=O)NCCCN1CCN(c2cccc(Cl)c2Cl)CC1. The molecule has 2 atom stereocenters. The molecule has 2 aliphatic heterocycles. The molecule has 0 saturated carbocycles. The van der Waals surface area contributed by atoms with E-state index in [2.05, 4.69) is 25.4 Å². The molecule has 0 radical (unpaired) electrons. The third-order valence-corrected chi connectivity index (χ3v) is 6.95. The third-order valence-electron chi connectivity index (χ3n) is 6.14. The molecule has 2 aromatic rings. The van der Waals surface area contributed by atoms with Gasteiger partial charge in [-0.15, -0.1) is 0 Å². The van der Waals surface area contributed by atoms with Crippen LogP contribution in [0.1, 0.15) is 18.9 Å². The van der Waals surface area contributed by atoms with Gasteiger partial charge in [0.25, 0.3) is 0 Å². The van der Waals surface area contributed by atoms with Crippen LogP contribution in [0.4, 0.5) is 5.69 Å². The fourth-order valence-corrected chi connectivity index (χ4v) is 4.71. The molecular weight excluding hydrogens is 445 g/mol. The maximum absolute atomic E-state index is 12.7. The van der Waals surface area contributed by atoms with Crippen molar-refractivity contribution in [1.29, 1.82) is 0 Å². The van der Waals surface area contributed by atoms with Gasteiger partial charge in [-0.3, -0.25) is 14.7 Å². The monoisotopic (exact) mass is 473 g/mol. The van der Waals surface area contributed by atoms with E-state index in [9.17, 15) is 4.79 Å². The van der Waals surface area contributed by atoms with Gasteiger partial charge in [0.05, 0.1) is 21.7 Å². The van der Waals surface area contributed by atoms with Crippen LogP contribution < -0.4 is 15.5 Å². The normalized spacial score (nSPS) is 21.2. The Balaban J connectivity index is 1.19. The van der Waals surface area contributed by atoms with E-state index in [0.29, 0.717) is 16.6 Å². The van der Waals surface area contributed by atoms with Gasteiger partial charge >= 0.3 is 0 Å². The van der Waals surface area contributed by atoms with E-state index in [4.69, 9.17) is 23.2 Å². The number of carbonyl (C=O) groups excluding carboxylic acids is 1. The van der Waals surface area contributed by atoms with E-state index in [0.717, 1.165) is 56.1 Å². The van der Waals surface area contributed by atoms with E-state index in [1.807, 2.05) is 49.5 Å². The number of piperazine rings is 1. The first kappa shape index (κ1) is 22.9. The summed E-state index contributed by atoms with van der Waals surface area (Å²) in [6.07, 6.45) is 6.50. The molecule has 1 aromatic heterocycles. The molecule has 6 nitrogen and oxygen atoms in total. The minimum Gasteiger partial charge on any atom is -0.381 e. The number of anilines is 1. The standard InChI is InChI=1S/C24H29Cl2N5O/c1-17-19(15-21(29-17)18-5-3-8-27-16-18)24(32)28-9-4-10-30-11-13-31(14-12-30)22-7-2-6-20(25)23(22)26/h2-3,5-8,15-17,19,29H,4,9-14H2,1H3,(H,28,32). The first-order valence-electron chi connectivity index (χ1n) is 11.1. The topological polar surface area (TPSA) is 60.5 Å². The lowest BCUT2D eigenvalue weighted by Crippen LogP contribution is -2.47. The summed E-state index contributed by atoms with van der Waals surface area (Å²) in [6.45, 7) is 7.45. The second-order valence-corrected chi connectivity index (χ2v) is 9.11. The Morgan fingerprint density at radius 2 is 2.00 bits per heavy atom. The van der Waals surface area contributed by atoms with Crippen LogP contribution >= 0.6 is 23.2 Å². The Labute approximate surface area is 199 Å². The predicted octanol–water partition coefficient (Wildman–Crippen LogP) is 3.67. The summed E-state index contributed by atoms with van der Waals surface area (Å²) >= 11 is 12.5. The predicted molar refractivity (Wildman–Crippen MR) is 131 cm³/mol. The summed E-state index contributed by atoms with van der Waals surface area (Å²) in [5.74, 6) is -0.0968. The molecule has 8 heteroatoms. The highest BCUT2D eigenvalue weighted by Gasteiger charge is 2.29. The zero-order chi connectivity index (χ0) is 22.5. The molecule has 1 aromatic carbocycles. The van der Waals surface area contributed by atoms with Crippen molar-refractivity contribution in [3.05, 3.63) is 64.4 Å². The molecule has 2 N–H and O–H groups in total. The van der Waals surface area contributed by atoms with Crippen LogP contribution in [0, 0.1) is 5.92 Å². The van der Waals surface area contributed by atoms with Gasteiger partial charge in [0.15, 0.2) is 0 Å². The Morgan fingerprint density at radius 1 is 1.19 bits per heavy atom. The minimum absolute atomic E-state index is 0.0663. The van der Waals surface area contributed by atoms with E-state index in [1.165, 1.54) is 0 Å². The average Bonchev–Trinajstić information content (AvgIpc) is 3.21. The van der Waals surface area contributed by atoms with Gasteiger partial charge < -0.3 is 15.5 Å². The molecule has 3 heterocycles.